The third-order valence-electron chi connectivity index (χ3n) is 3.87. The van der Waals surface area contributed by atoms with Crippen LogP contribution in [-0.2, 0) is 14.9 Å². The number of carbonyl (C=O) groups excluding carboxylic acids is 1. The second-order valence-corrected chi connectivity index (χ2v) is 8.52. The normalized spacial score (nSPS) is 11.4. The van der Waals surface area contributed by atoms with Gasteiger partial charge in [-0.25, -0.2) is 0 Å². The number of hydrogen-bond donors (Lipinski definition) is 1. The molecule has 0 saturated heterocycles. The molecule has 0 unspecified atom stereocenters. The van der Waals surface area contributed by atoms with E-state index in [1.165, 1.54) is 30.3 Å². The van der Waals surface area contributed by atoms with E-state index < -0.39 is 16.0 Å². The molecule has 0 aliphatic rings. The van der Waals surface area contributed by atoms with E-state index in [1.54, 1.807) is 54.6 Å². The predicted octanol–water partition coefficient (Wildman–Crippen LogP) is 4.76. The summed E-state index contributed by atoms with van der Waals surface area (Å²) in [6.07, 6.45) is 1.36. The van der Waals surface area contributed by atoms with Gasteiger partial charge >= 0.3 is 10.1 Å². The molecule has 0 fully saturated rings. The number of carbonyl (C=O) groups is 1. The molecule has 0 radical (unpaired) electrons. The molecule has 150 valence electrons. The molecule has 1 N–H and O–H groups in total. The molecule has 0 heterocycles. The van der Waals surface area contributed by atoms with Crippen LogP contribution in [0, 0.1) is 11.3 Å². The average Bonchev–Trinajstić information content (AvgIpc) is 2.74. The average molecular weight is 483 g/mol. The van der Waals surface area contributed by atoms with Gasteiger partial charge in [0.1, 0.15) is 22.3 Å². The van der Waals surface area contributed by atoms with Crippen LogP contribution in [0.1, 0.15) is 5.56 Å². The van der Waals surface area contributed by atoms with Crippen molar-refractivity contribution < 1.29 is 17.4 Å². The van der Waals surface area contributed by atoms with Gasteiger partial charge in [-0.1, -0.05) is 46.3 Å². The maximum atomic E-state index is 12.4. The Balaban J connectivity index is 1.80. The van der Waals surface area contributed by atoms with Crippen molar-refractivity contribution in [2.45, 2.75) is 4.90 Å². The molecule has 0 bridgehead atoms. The molecule has 0 aliphatic carbocycles. The fourth-order valence-electron chi connectivity index (χ4n) is 2.47. The number of nitrogens with one attached hydrogen (secondary N) is 1. The number of hydrogen-bond acceptors (Lipinski definition) is 5. The second-order valence-electron chi connectivity index (χ2n) is 6.05. The van der Waals surface area contributed by atoms with Gasteiger partial charge in [0.25, 0.3) is 5.91 Å². The van der Waals surface area contributed by atoms with Crippen molar-refractivity contribution in [2.75, 3.05) is 5.32 Å². The molecule has 0 spiro atoms. The highest BCUT2D eigenvalue weighted by atomic mass is 79.9. The van der Waals surface area contributed by atoms with Gasteiger partial charge in [-0.05, 0) is 60.2 Å². The van der Waals surface area contributed by atoms with Crippen LogP contribution < -0.4 is 9.50 Å². The highest BCUT2D eigenvalue weighted by molar-refractivity contribution is 9.10. The van der Waals surface area contributed by atoms with Crippen LogP contribution in [-0.4, -0.2) is 14.3 Å². The number of amides is 1. The summed E-state index contributed by atoms with van der Waals surface area (Å²) in [5.74, 6) is -0.513. The van der Waals surface area contributed by atoms with E-state index in [9.17, 15) is 18.5 Å². The number of benzene rings is 3. The van der Waals surface area contributed by atoms with Crippen molar-refractivity contribution in [1.29, 1.82) is 5.26 Å². The molecule has 8 heteroatoms. The Morgan fingerprint density at radius 2 is 1.70 bits per heavy atom. The first-order valence-corrected chi connectivity index (χ1v) is 10.9. The largest absolute Gasteiger partial charge is 0.379 e. The minimum atomic E-state index is -3.99. The van der Waals surface area contributed by atoms with Crippen LogP contribution in [0.15, 0.2) is 93.8 Å². The van der Waals surface area contributed by atoms with Crippen LogP contribution in [0.3, 0.4) is 0 Å². The summed E-state index contributed by atoms with van der Waals surface area (Å²) in [6.45, 7) is 0. The highest BCUT2D eigenvalue weighted by Gasteiger charge is 2.16. The predicted molar refractivity (Wildman–Crippen MR) is 117 cm³/mol. The van der Waals surface area contributed by atoms with Gasteiger partial charge in [0.15, 0.2) is 0 Å². The van der Waals surface area contributed by atoms with Gasteiger partial charge < -0.3 is 9.50 Å². The summed E-state index contributed by atoms with van der Waals surface area (Å²) >= 11 is 3.31. The monoisotopic (exact) mass is 482 g/mol. The molecule has 30 heavy (non-hydrogen) atoms. The summed E-state index contributed by atoms with van der Waals surface area (Å²) < 4.78 is 30.8. The van der Waals surface area contributed by atoms with Crippen molar-refractivity contribution in [3.63, 3.8) is 0 Å². The molecular weight excluding hydrogens is 468 g/mol. The Kier molecular flexibility index (Phi) is 6.67. The zero-order chi connectivity index (χ0) is 21.6. The lowest BCUT2D eigenvalue weighted by atomic mass is 10.1. The molecule has 0 saturated carbocycles. The first kappa shape index (κ1) is 21.3. The van der Waals surface area contributed by atoms with E-state index in [4.69, 9.17) is 4.18 Å². The number of nitriles is 1. The molecule has 6 nitrogen and oxygen atoms in total. The molecule has 1 amide bonds. The zero-order valence-electron chi connectivity index (χ0n) is 15.4. The van der Waals surface area contributed by atoms with Crippen molar-refractivity contribution in [2.24, 2.45) is 0 Å². The fourth-order valence-corrected chi connectivity index (χ4v) is 3.67. The Bertz CT molecular complexity index is 1230. The van der Waals surface area contributed by atoms with Crippen molar-refractivity contribution in [3.8, 4) is 11.8 Å². The van der Waals surface area contributed by atoms with Crippen molar-refractivity contribution >= 4 is 43.7 Å². The summed E-state index contributed by atoms with van der Waals surface area (Å²) in [5.41, 5.74) is 0.842. The van der Waals surface area contributed by atoms with Crippen LogP contribution in [0.2, 0.25) is 0 Å². The number of anilines is 1. The van der Waals surface area contributed by atoms with Crippen molar-refractivity contribution in [3.05, 3.63) is 94.5 Å². The Morgan fingerprint density at radius 3 is 2.37 bits per heavy atom. The summed E-state index contributed by atoms with van der Waals surface area (Å²) in [4.78, 5) is 12.4. The van der Waals surface area contributed by atoms with E-state index >= 15 is 0 Å². The lowest BCUT2D eigenvalue weighted by Crippen LogP contribution is -2.13. The third kappa shape index (κ3) is 5.56. The van der Waals surface area contributed by atoms with E-state index in [0.29, 0.717) is 11.3 Å². The minimum absolute atomic E-state index is 0.0255. The van der Waals surface area contributed by atoms with E-state index in [2.05, 4.69) is 21.2 Å². The van der Waals surface area contributed by atoms with Gasteiger partial charge in [0, 0.05) is 10.2 Å². The number of nitrogens with zero attached hydrogens (tertiary/aromatic N) is 1. The molecule has 0 aliphatic heterocycles. The lowest BCUT2D eigenvalue weighted by Gasteiger charge is -2.08. The van der Waals surface area contributed by atoms with Crippen LogP contribution in [0.4, 0.5) is 5.69 Å². The maximum absolute atomic E-state index is 12.4. The standard InChI is InChI=1S/C22H15BrN2O4S/c23-18-9-11-19(12-10-18)25-22(26)17(15-24)13-16-5-4-6-20(14-16)29-30(27,28)21-7-2-1-3-8-21/h1-14H,(H,25,26)/b17-13+. The summed E-state index contributed by atoms with van der Waals surface area (Å²) in [5, 5.41) is 12.0. The molecular formula is C22H15BrN2O4S. The number of halogens is 1. The second kappa shape index (κ2) is 9.39. The Morgan fingerprint density at radius 1 is 1.00 bits per heavy atom. The minimum Gasteiger partial charge on any atom is -0.379 e. The first-order chi connectivity index (χ1) is 14.4. The highest BCUT2D eigenvalue weighted by Crippen LogP contribution is 2.21. The van der Waals surface area contributed by atoms with E-state index in [0.717, 1.165) is 4.47 Å². The molecule has 3 rings (SSSR count). The van der Waals surface area contributed by atoms with Gasteiger partial charge in [0.2, 0.25) is 0 Å². The third-order valence-corrected chi connectivity index (χ3v) is 5.66. The lowest BCUT2D eigenvalue weighted by molar-refractivity contribution is -0.112. The van der Waals surface area contributed by atoms with E-state index in [-0.39, 0.29) is 16.2 Å². The number of rotatable bonds is 6. The summed E-state index contributed by atoms with van der Waals surface area (Å²) in [7, 11) is -3.99. The van der Waals surface area contributed by atoms with Crippen molar-refractivity contribution in [1.82, 2.24) is 0 Å². The fraction of sp³-hybridized carbons (Fsp3) is 0. The van der Waals surface area contributed by atoms with Gasteiger partial charge in [-0.3, -0.25) is 4.79 Å². The maximum Gasteiger partial charge on any atom is 0.339 e. The quantitative estimate of drug-likeness (QED) is 0.310. The van der Waals surface area contributed by atoms with Gasteiger partial charge in [-0.15, -0.1) is 0 Å². The zero-order valence-corrected chi connectivity index (χ0v) is 17.9. The van der Waals surface area contributed by atoms with Gasteiger partial charge in [0.05, 0.1) is 0 Å². The van der Waals surface area contributed by atoms with E-state index in [1.807, 2.05) is 6.07 Å². The van der Waals surface area contributed by atoms with Gasteiger partial charge in [-0.2, -0.15) is 13.7 Å². The van der Waals surface area contributed by atoms with Crippen LogP contribution in [0.5, 0.6) is 5.75 Å². The summed E-state index contributed by atoms with van der Waals surface area (Å²) in [6, 6.07) is 22.6. The Labute approximate surface area is 182 Å². The smallest absolute Gasteiger partial charge is 0.339 e. The SMILES string of the molecule is N#C/C(=C\c1cccc(OS(=O)(=O)c2ccccc2)c1)C(=O)Nc1ccc(Br)cc1. The molecule has 0 aromatic heterocycles. The first-order valence-electron chi connectivity index (χ1n) is 8.66. The molecule has 3 aromatic carbocycles. The topological polar surface area (TPSA) is 96.3 Å². The van der Waals surface area contributed by atoms with Crippen LogP contribution in [0.25, 0.3) is 6.08 Å². The molecule has 0 atom stereocenters. The Hall–Kier alpha value is -3.41. The van der Waals surface area contributed by atoms with Crippen LogP contribution >= 0.6 is 15.9 Å². The molecule has 3 aromatic rings.